The fourth-order valence-electron chi connectivity index (χ4n) is 3.67. The molecular weight excluding hydrogens is 623 g/mol. The van der Waals surface area contributed by atoms with Crippen molar-refractivity contribution in [2.24, 2.45) is 23.3 Å². The highest BCUT2D eigenvalue weighted by molar-refractivity contribution is 6.02. The quantitative estimate of drug-likeness (QED) is 0.0692. The Bertz CT molecular complexity index is 1380. The summed E-state index contributed by atoms with van der Waals surface area (Å²) in [6.45, 7) is 7.63. The highest BCUT2D eigenvalue weighted by atomic mass is 35.5. The minimum atomic E-state index is -0.759. The number of aliphatic hydroxyl groups is 1. The molecule has 2 aromatic carbocycles. The second-order valence-electron chi connectivity index (χ2n) is 10.1. The fraction of sp³-hybridized carbons (Fsp3) is 0.364. The molecule has 0 amide bonds. The van der Waals surface area contributed by atoms with Gasteiger partial charge in [0.25, 0.3) is 0 Å². The lowest BCUT2D eigenvalue weighted by Gasteiger charge is -2.17. The summed E-state index contributed by atoms with van der Waals surface area (Å²) in [4.78, 5) is 37.1. The van der Waals surface area contributed by atoms with Gasteiger partial charge in [-0.25, -0.2) is 9.59 Å². The third kappa shape index (κ3) is 12.6. The number of ketones is 1. The van der Waals surface area contributed by atoms with Crippen LogP contribution in [0.25, 0.3) is 12.2 Å². The molecule has 4 atom stereocenters. The summed E-state index contributed by atoms with van der Waals surface area (Å²) >= 11 is 0. The predicted octanol–water partition coefficient (Wildman–Crippen LogP) is 5.84. The molecule has 2 aromatic rings. The number of esters is 2. The first kappa shape index (κ1) is 41.2. The molecule has 0 radical (unpaired) electrons. The van der Waals surface area contributed by atoms with Crippen molar-refractivity contribution in [3.63, 3.8) is 0 Å². The van der Waals surface area contributed by atoms with E-state index in [0.717, 1.165) is 18.9 Å². The van der Waals surface area contributed by atoms with Gasteiger partial charge in [0.1, 0.15) is 17.8 Å². The number of hydrogen-bond donors (Lipinski definition) is 3. The van der Waals surface area contributed by atoms with E-state index in [0.29, 0.717) is 22.6 Å². The summed E-state index contributed by atoms with van der Waals surface area (Å²) in [5, 5.41) is 10.2. The highest BCUT2D eigenvalue weighted by Crippen LogP contribution is 2.30. The van der Waals surface area contributed by atoms with Crippen molar-refractivity contribution in [3.05, 3.63) is 71.5 Å². The normalized spacial score (nSPS) is 14.0. The lowest BCUT2D eigenvalue weighted by atomic mass is 10.0. The summed E-state index contributed by atoms with van der Waals surface area (Å²) in [5.74, 6) is -0.871. The first-order valence-corrected chi connectivity index (χ1v) is 14.0. The first-order valence-electron chi connectivity index (χ1n) is 14.0. The van der Waals surface area contributed by atoms with Crippen LogP contribution in [0.5, 0.6) is 23.0 Å². The van der Waals surface area contributed by atoms with Gasteiger partial charge >= 0.3 is 11.9 Å². The Morgan fingerprint density at radius 1 is 0.733 bits per heavy atom. The number of hydrogen-bond acceptors (Lipinski definition) is 10. The van der Waals surface area contributed by atoms with Gasteiger partial charge in [-0.3, -0.25) is 4.79 Å². The highest BCUT2D eigenvalue weighted by Gasteiger charge is 2.24. The van der Waals surface area contributed by atoms with Crippen LogP contribution in [-0.2, 0) is 14.4 Å². The fourth-order valence-corrected chi connectivity index (χ4v) is 3.67. The van der Waals surface area contributed by atoms with Gasteiger partial charge in [0, 0.05) is 6.08 Å². The van der Waals surface area contributed by atoms with E-state index < -0.39 is 29.8 Å². The number of carbonyl (C=O) groups is 3. The van der Waals surface area contributed by atoms with Crippen LogP contribution >= 0.6 is 24.8 Å². The molecule has 0 aromatic heterocycles. The van der Waals surface area contributed by atoms with Gasteiger partial charge < -0.3 is 35.5 Å². The number of benzene rings is 2. The molecule has 0 aliphatic rings. The molecule has 0 fully saturated rings. The maximum Gasteiger partial charge on any atom is 0.328 e. The molecule has 0 heterocycles. The number of nitrogens with two attached hydrogens (primary N) is 2. The number of rotatable bonds is 15. The Morgan fingerprint density at radius 3 is 1.51 bits per heavy atom. The van der Waals surface area contributed by atoms with E-state index in [9.17, 15) is 19.5 Å². The van der Waals surface area contributed by atoms with Crippen molar-refractivity contribution in [1.82, 2.24) is 0 Å². The van der Waals surface area contributed by atoms with Crippen LogP contribution in [0.4, 0.5) is 0 Å². The van der Waals surface area contributed by atoms with E-state index >= 15 is 0 Å². The molecule has 2 rings (SSSR count). The van der Waals surface area contributed by atoms with Crippen LogP contribution < -0.4 is 30.4 Å². The Morgan fingerprint density at radius 2 is 1.13 bits per heavy atom. The third-order valence-electron chi connectivity index (χ3n) is 7.03. The minimum Gasteiger partial charge on any atom is -0.508 e. The Kier molecular flexibility index (Phi) is 18.5. The molecule has 0 aliphatic carbocycles. The third-order valence-corrected chi connectivity index (χ3v) is 7.03. The van der Waals surface area contributed by atoms with Crippen LogP contribution in [0.1, 0.15) is 51.7 Å². The van der Waals surface area contributed by atoms with E-state index in [1.54, 1.807) is 42.5 Å². The molecule has 5 N–H and O–H groups in total. The molecule has 0 bridgehead atoms. The number of allylic oxidation sites excluding steroid dienone is 3. The maximum absolute atomic E-state index is 12.4. The zero-order chi connectivity index (χ0) is 32.1. The number of halogens is 2. The van der Waals surface area contributed by atoms with Gasteiger partial charge in [0.2, 0.25) is 0 Å². The molecule has 0 aliphatic heterocycles. The minimum absolute atomic E-state index is 0. The summed E-state index contributed by atoms with van der Waals surface area (Å²) in [7, 11) is 2.88. The van der Waals surface area contributed by atoms with Crippen molar-refractivity contribution in [3.8, 4) is 23.0 Å². The summed E-state index contributed by atoms with van der Waals surface area (Å²) in [6.07, 6.45) is 8.26. The number of methoxy groups -OCH3 is 2. The van der Waals surface area contributed by atoms with Gasteiger partial charge in [-0.2, -0.15) is 0 Å². The SMILES string of the molecule is CC[C@H](C)[C@H](N)C(=O)Oc1ccc(/C=C/C(=O)C=C(O)/C=C/c2ccc(OC(=O)[C@@H](N)[C@@H](C)CC)c(OC)c2)cc1OC.Cl.Cl. The van der Waals surface area contributed by atoms with Crippen molar-refractivity contribution < 1.29 is 38.4 Å². The van der Waals surface area contributed by atoms with E-state index in [-0.39, 0.29) is 53.9 Å². The van der Waals surface area contributed by atoms with Crippen LogP contribution in [0.15, 0.2) is 60.4 Å². The standard InChI is InChI=1S/C33H42N2O8.2ClH/c1-7-20(3)30(34)32(38)42-26-15-11-22(17-28(26)40-5)9-13-24(36)19-25(37)14-10-23-12-16-27(29(18-23)41-6)43-33(39)31(35)21(4)8-2;;/h9-21,30-31,36H,7-8,34-35H2,1-6H3;2*1H/b13-9+,14-10+,24-19?;;/t20-,21-,30-,31-;;/m0../s1. The van der Waals surface area contributed by atoms with Crippen LogP contribution in [0.2, 0.25) is 0 Å². The van der Waals surface area contributed by atoms with E-state index in [4.69, 9.17) is 30.4 Å². The summed E-state index contributed by atoms with van der Waals surface area (Å²) in [6, 6.07) is 8.15. The molecule has 10 nitrogen and oxygen atoms in total. The number of ether oxygens (including phenoxy) is 4. The molecule has 0 unspecified atom stereocenters. The number of carbonyl (C=O) groups excluding carboxylic acids is 3. The smallest absolute Gasteiger partial charge is 0.328 e. The second kappa shape index (κ2) is 20.2. The zero-order valence-corrected chi connectivity index (χ0v) is 28.0. The lowest BCUT2D eigenvalue weighted by molar-refractivity contribution is -0.138. The Balaban J connectivity index is 0.00000968. The van der Waals surface area contributed by atoms with E-state index in [2.05, 4.69) is 0 Å². The molecule has 248 valence electrons. The van der Waals surface area contributed by atoms with Crippen LogP contribution in [-0.4, -0.2) is 49.1 Å². The van der Waals surface area contributed by atoms with Crippen LogP contribution in [0.3, 0.4) is 0 Å². The van der Waals surface area contributed by atoms with Crippen LogP contribution in [0, 0.1) is 11.8 Å². The van der Waals surface area contributed by atoms with Crippen molar-refractivity contribution >= 4 is 54.7 Å². The van der Waals surface area contributed by atoms with Gasteiger partial charge in [-0.15, -0.1) is 24.8 Å². The van der Waals surface area contributed by atoms with Gasteiger partial charge in [-0.1, -0.05) is 64.8 Å². The number of aliphatic hydroxyl groups excluding tert-OH is 1. The molecule has 45 heavy (non-hydrogen) atoms. The zero-order valence-electron chi connectivity index (χ0n) is 26.4. The largest absolute Gasteiger partial charge is 0.508 e. The van der Waals surface area contributed by atoms with Gasteiger partial charge in [0.05, 0.1) is 14.2 Å². The van der Waals surface area contributed by atoms with Gasteiger partial charge in [0.15, 0.2) is 28.8 Å². The molecular formula is C33H44Cl2N2O8. The first-order chi connectivity index (χ1) is 20.4. The topological polar surface area (TPSA) is 160 Å². The Labute approximate surface area is 277 Å². The summed E-state index contributed by atoms with van der Waals surface area (Å²) in [5.41, 5.74) is 13.1. The molecule has 12 heteroatoms. The maximum atomic E-state index is 12.4. The lowest BCUT2D eigenvalue weighted by Crippen LogP contribution is -2.39. The average Bonchev–Trinajstić information content (AvgIpc) is 3.01. The van der Waals surface area contributed by atoms with Crippen molar-refractivity contribution in [1.29, 1.82) is 0 Å². The predicted molar refractivity (Wildman–Crippen MR) is 180 cm³/mol. The second-order valence-corrected chi connectivity index (χ2v) is 10.1. The molecule has 0 saturated carbocycles. The Hall–Kier alpha value is -3.83. The molecule has 0 spiro atoms. The molecule has 0 saturated heterocycles. The monoisotopic (exact) mass is 666 g/mol. The van der Waals surface area contributed by atoms with Crippen molar-refractivity contribution in [2.75, 3.05) is 14.2 Å². The van der Waals surface area contributed by atoms with Gasteiger partial charge in [-0.05, 0) is 59.4 Å². The van der Waals surface area contributed by atoms with E-state index in [1.807, 2.05) is 27.7 Å². The van der Waals surface area contributed by atoms with Crippen molar-refractivity contribution in [2.45, 2.75) is 52.6 Å². The van der Waals surface area contributed by atoms with E-state index in [1.165, 1.54) is 32.4 Å². The summed E-state index contributed by atoms with van der Waals surface area (Å²) < 4.78 is 21.5. The average molecular weight is 668 g/mol.